The van der Waals surface area contributed by atoms with E-state index in [1.165, 1.54) is 17.6 Å². The van der Waals surface area contributed by atoms with Crippen molar-refractivity contribution in [3.05, 3.63) is 71.6 Å². The van der Waals surface area contributed by atoms with E-state index in [1.807, 2.05) is 11.5 Å². The van der Waals surface area contributed by atoms with Crippen molar-refractivity contribution in [2.75, 3.05) is 49.1 Å². The second-order valence-electron chi connectivity index (χ2n) is 8.46. The Morgan fingerprint density at radius 2 is 1.94 bits per heavy atom. The van der Waals surface area contributed by atoms with Crippen molar-refractivity contribution in [3.8, 4) is 11.5 Å². The SMILES string of the molecule is COc1ccc(N(C(=O)N2CCN(c3cccc(C)c3)C(C)C2)c2ncccc2N[O-])c(OC)c1. The van der Waals surface area contributed by atoms with Crippen LogP contribution in [0.15, 0.2) is 60.8 Å². The van der Waals surface area contributed by atoms with Gasteiger partial charge in [0.2, 0.25) is 0 Å². The normalized spacial score (nSPS) is 15.5. The molecule has 1 unspecified atom stereocenters. The van der Waals surface area contributed by atoms with E-state index in [0.29, 0.717) is 36.8 Å². The molecule has 35 heavy (non-hydrogen) atoms. The summed E-state index contributed by atoms with van der Waals surface area (Å²) in [4.78, 5) is 23.9. The van der Waals surface area contributed by atoms with E-state index in [9.17, 15) is 10.0 Å². The molecular weight excluding hydrogens is 446 g/mol. The summed E-state index contributed by atoms with van der Waals surface area (Å²) in [6, 6.07) is 16.6. The molecule has 1 aromatic heterocycles. The van der Waals surface area contributed by atoms with Crippen molar-refractivity contribution >= 4 is 28.9 Å². The van der Waals surface area contributed by atoms with Crippen LogP contribution in [-0.4, -0.2) is 55.8 Å². The number of piperazine rings is 1. The van der Waals surface area contributed by atoms with Gasteiger partial charge in [-0.3, -0.25) is 0 Å². The van der Waals surface area contributed by atoms with Crippen molar-refractivity contribution in [1.82, 2.24) is 9.88 Å². The number of hydrogen-bond donors (Lipinski definition) is 1. The first-order valence-corrected chi connectivity index (χ1v) is 11.4. The summed E-state index contributed by atoms with van der Waals surface area (Å²) < 4.78 is 10.9. The lowest BCUT2D eigenvalue weighted by Crippen LogP contribution is -2.56. The standard InChI is InChI=1S/C26H30N5O4/c1-18-7-5-8-20(15-18)30-14-13-29(17-19(30)2)26(32)31(25-22(28-33)9-6-12-27-25)23-11-10-21(34-3)16-24(23)35-4/h5-12,15-16,19,28H,13-14,17H2,1-4H3/q-1. The average molecular weight is 477 g/mol. The molecule has 1 aliphatic rings. The Balaban J connectivity index is 1.69. The van der Waals surface area contributed by atoms with Gasteiger partial charge in [-0.15, -0.1) is 0 Å². The van der Waals surface area contributed by atoms with Gasteiger partial charge in [-0.2, -0.15) is 0 Å². The van der Waals surface area contributed by atoms with E-state index in [4.69, 9.17) is 9.47 Å². The number of amides is 2. The first kappa shape index (κ1) is 24.2. The van der Waals surface area contributed by atoms with Gasteiger partial charge in [-0.05, 0) is 55.8 Å². The molecule has 2 amide bonds. The molecule has 1 atom stereocenters. The van der Waals surface area contributed by atoms with Gasteiger partial charge in [0.05, 0.1) is 25.6 Å². The van der Waals surface area contributed by atoms with E-state index in [1.54, 1.807) is 48.5 Å². The van der Waals surface area contributed by atoms with Crippen LogP contribution in [0.3, 0.4) is 0 Å². The number of ether oxygens (including phenoxy) is 2. The largest absolute Gasteiger partial charge is 0.761 e. The number of nitrogens with one attached hydrogen (secondary N) is 1. The molecule has 0 bridgehead atoms. The number of urea groups is 1. The first-order chi connectivity index (χ1) is 17.0. The first-order valence-electron chi connectivity index (χ1n) is 11.4. The molecule has 184 valence electrons. The van der Waals surface area contributed by atoms with E-state index in [2.05, 4.69) is 41.9 Å². The molecule has 3 aromatic rings. The number of hydrogen-bond acceptors (Lipinski definition) is 7. The molecule has 9 nitrogen and oxygen atoms in total. The van der Waals surface area contributed by atoms with Gasteiger partial charge in [0.25, 0.3) is 0 Å². The van der Waals surface area contributed by atoms with Crippen LogP contribution in [0, 0.1) is 12.1 Å². The fourth-order valence-electron chi connectivity index (χ4n) is 4.40. The maximum atomic E-state index is 14.0. The van der Waals surface area contributed by atoms with Crippen molar-refractivity contribution in [1.29, 1.82) is 0 Å². The van der Waals surface area contributed by atoms with Gasteiger partial charge in [-0.25, -0.2) is 14.7 Å². The van der Waals surface area contributed by atoms with Crippen LogP contribution in [0.25, 0.3) is 0 Å². The smallest absolute Gasteiger partial charge is 0.330 e. The summed E-state index contributed by atoms with van der Waals surface area (Å²) in [5.74, 6) is 1.21. The summed E-state index contributed by atoms with van der Waals surface area (Å²) in [6.07, 6.45) is 1.55. The highest BCUT2D eigenvalue weighted by molar-refractivity contribution is 6.02. The summed E-state index contributed by atoms with van der Waals surface area (Å²) in [6.45, 7) is 5.88. The molecule has 0 radical (unpaired) electrons. The zero-order chi connectivity index (χ0) is 24.9. The Labute approximate surface area is 205 Å². The van der Waals surface area contributed by atoms with Crippen molar-refractivity contribution in [2.24, 2.45) is 0 Å². The van der Waals surface area contributed by atoms with Crippen LogP contribution in [0.1, 0.15) is 12.5 Å². The number of rotatable bonds is 6. The molecule has 1 saturated heterocycles. The summed E-state index contributed by atoms with van der Waals surface area (Å²) in [5, 5.41) is 11.7. The predicted molar refractivity (Wildman–Crippen MR) is 138 cm³/mol. The predicted octanol–water partition coefficient (Wildman–Crippen LogP) is 4.79. The van der Waals surface area contributed by atoms with Crippen molar-refractivity contribution in [2.45, 2.75) is 19.9 Å². The van der Waals surface area contributed by atoms with Crippen LogP contribution in [-0.2, 0) is 0 Å². The Bertz CT molecular complexity index is 1190. The fraction of sp³-hybridized carbons (Fsp3) is 0.308. The summed E-state index contributed by atoms with van der Waals surface area (Å²) in [7, 11) is 3.08. The number of benzene rings is 2. The van der Waals surface area contributed by atoms with Crippen molar-refractivity contribution in [3.63, 3.8) is 0 Å². The number of aryl methyl sites for hydroxylation is 1. The fourth-order valence-corrected chi connectivity index (χ4v) is 4.40. The van der Waals surface area contributed by atoms with E-state index in [0.717, 1.165) is 5.69 Å². The minimum atomic E-state index is -0.292. The molecule has 1 fully saturated rings. The lowest BCUT2D eigenvalue weighted by molar-refractivity contribution is 0.195. The van der Waals surface area contributed by atoms with Crippen LogP contribution >= 0.6 is 0 Å². The Kier molecular flexibility index (Phi) is 7.26. The van der Waals surface area contributed by atoms with E-state index < -0.39 is 0 Å². The second-order valence-corrected chi connectivity index (χ2v) is 8.46. The monoisotopic (exact) mass is 476 g/mol. The van der Waals surface area contributed by atoms with Crippen molar-refractivity contribution < 1.29 is 14.3 Å². The maximum absolute atomic E-state index is 14.0. The van der Waals surface area contributed by atoms with Crippen LogP contribution in [0.2, 0.25) is 0 Å². The number of carbonyl (C=O) groups excluding carboxylic acids is 1. The average Bonchev–Trinajstić information content (AvgIpc) is 2.89. The number of aromatic nitrogens is 1. The summed E-state index contributed by atoms with van der Waals surface area (Å²) >= 11 is 0. The topological polar surface area (TPSA) is 93.2 Å². The van der Waals surface area contributed by atoms with Gasteiger partial charge >= 0.3 is 6.03 Å². The van der Waals surface area contributed by atoms with Gasteiger partial charge < -0.3 is 30.0 Å². The number of nitrogens with zero attached hydrogens (tertiary/aromatic N) is 4. The van der Waals surface area contributed by atoms with Gasteiger partial charge in [0.1, 0.15) is 11.5 Å². The molecule has 0 spiro atoms. The van der Waals surface area contributed by atoms with Gasteiger partial charge in [-0.1, -0.05) is 12.1 Å². The number of carbonyl (C=O) groups is 1. The molecule has 9 heteroatoms. The zero-order valence-corrected chi connectivity index (χ0v) is 20.4. The maximum Gasteiger partial charge on any atom is 0.330 e. The number of anilines is 4. The van der Waals surface area contributed by atoms with E-state index >= 15 is 0 Å². The molecule has 2 aromatic carbocycles. The van der Waals surface area contributed by atoms with Gasteiger partial charge in [0.15, 0.2) is 5.82 Å². The minimum absolute atomic E-state index is 0.0925. The van der Waals surface area contributed by atoms with Crippen LogP contribution in [0.4, 0.5) is 27.7 Å². The molecule has 2 heterocycles. The third kappa shape index (κ3) is 4.95. The third-order valence-electron chi connectivity index (χ3n) is 6.16. The molecule has 0 aliphatic carbocycles. The number of methoxy groups -OCH3 is 2. The molecule has 1 N–H and O–H groups in total. The lowest BCUT2D eigenvalue weighted by Gasteiger charge is -2.43. The second kappa shape index (κ2) is 10.5. The lowest BCUT2D eigenvalue weighted by atomic mass is 10.1. The molecular formula is C26H30N5O4-. The quantitative estimate of drug-likeness (QED) is 0.512. The van der Waals surface area contributed by atoms with Crippen LogP contribution < -0.4 is 24.8 Å². The number of pyridine rings is 1. The third-order valence-corrected chi connectivity index (χ3v) is 6.16. The zero-order valence-electron chi connectivity index (χ0n) is 20.4. The van der Waals surface area contributed by atoms with Crippen LogP contribution in [0.5, 0.6) is 11.5 Å². The summed E-state index contributed by atoms with van der Waals surface area (Å²) in [5.41, 5.74) is 4.89. The molecule has 0 saturated carbocycles. The Morgan fingerprint density at radius 1 is 1.11 bits per heavy atom. The highest BCUT2D eigenvalue weighted by Gasteiger charge is 2.33. The highest BCUT2D eigenvalue weighted by Crippen LogP contribution is 2.39. The minimum Gasteiger partial charge on any atom is -0.761 e. The highest BCUT2D eigenvalue weighted by atomic mass is 16.5. The van der Waals surface area contributed by atoms with Gasteiger partial charge in [0, 0.05) is 43.6 Å². The Morgan fingerprint density at radius 3 is 2.63 bits per heavy atom. The Hall–Kier alpha value is -3.98. The molecule has 1 aliphatic heterocycles. The molecule has 4 rings (SSSR count). The van der Waals surface area contributed by atoms with E-state index in [-0.39, 0.29) is 23.6 Å².